The van der Waals surface area contributed by atoms with Gasteiger partial charge in [-0.1, -0.05) is 29.3 Å². The van der Waals surface area contributed by atoms with Crippen LogP contribution in [0.3, 0.4) is 0 Å². The van der Waals surface area contributed by atoms with E-state index < -0.39 is 0 Å². The molecule has 16 heavy (non-hydrogen) atoms. The van der Waals surface area contributed by atoms with Crippen LogP contribution < -0.4 is 0 Å². The van der Waals surface area contributed by atoms with Gasteiger partial charge in [0.05, 0.1) is 11.0 Å². The first-order chi connectivity index (χ1) is 7.58. The molecule has 4 nitrogen and oxygen atoms in total. The summed E-state index contributed by atoms with van der Waals surface area (Å²) in [6.07, 6.45) is 0.250. The smallest absolute Gasteiger partial charge is 0.231 e. The Hall–Kier alpha value is -1.48. The van der Waals surface area contributed by atoms with Crippen molar-refractivity contribution in [3.8, 4) is 0 Å². The van der Waals surface area contributed by atoms with E-state index in [9.17, 15) is 0 Å². The number of halogens is 2. The second-order valence-electron chi connectivity index (χ2n) is 2.88. The lowest BCUT2D eigenvalue weighted by Crippen LogP contribution is -1.86. The monoisotopic (exact) mass is 256 g/mol. The minimum atomic E-state index is 0.248. The fourth-order valence-corrected chi connectivity index (χ4v) is 1.39. The molecule has 0 saturated heterocycles. The zero-order valence-corrected chi connectivity index (χ0v) is 9.71. The minimum absolute atomic E-state index is 0.248. The number of nitrogens with zero attached hydrogens (tertiary/aromatic N) is 2. The fourth-order valence-electron chi connectivity index (χ4n) is 1.12. The summed E-state index contributed by atoms with van der Waals surface area (Å²) in [5.41, 5.74) is 2.66. The fraction of sp³-hybridized carbons (Fsp3) is 0.100. The molecule has 1 aromatic heterocycles. The molecule has 0 aliphatic heterocycles. The number of hydrogen-bond acceptors (Lipinski definition) is 4. The molecular formula is C10H6Cl2N2O2. The second kappa shape index (κ2) is 5.56. The highest BCUT2D eigenvalue weighted by Gasteiger charge is 2.03. The molecule has 1 heterocycles. The van der Waals surface area contributed by atoms with Crippen LogP contribution >= 0.6 is 23.2 Å². The van der Waals surface area contributed by atoms with Crippen molar-refractivity contribution in [3.63, 3.8) is 0 Å². The molecule has 6 heteroatoms. The lowest BCUT2D eigenvalue weighted by Gasteiger charge is -1.99. The van der Waals surface area contributed by atoms with E-state index in [1.54, 1.807) is 0 Å². The largest absolute Gasteiger partial charge is 0.373 e. The molecule has 0 atom stereocenters. The Bertz CT molecular complexity index is 552. The van der Waals surface area contributed by atoms with Gasteiger partial charge < -0.3 is 0 Å². The van der Waals surface area contributed by atoms with Gasteiger partial charge in [0, 0.05) is 0 Å². The molecule has 82 valence electrons. The van der Waals surface area contributed by atoms with Gasteiger partial charge >= 0.3 is 6.15 Å². The molecule has 0 fully saturated rings. The second-order valence-corrected chi connectivity index (χ2v) is 3.60. The standard InChI is InChI=1S/C9H6Cl2N2.CO2/c1-5-2-3-6-7(4-5)13-9(11)8(10)12-6;2-1-3/h2-4H,1H3;. The lowest BCUT2D eigenvalue weighted by molar-refractivity contribution is -0.191. The summed E-state index contributed by atoms with van der Waals surface area (Å²) in [4.78, 5) is 24.4. The average molecular weight is 257 g/mol. The lowest BCUT2D eigenvalue weighted by atomic mass is 10.2. The molecule has 0 amide bonds. The van der Waals surface area contributed by atoms with Gasteiger partial charge in [0.2, 0.25) is 0 Å². The van der Waals surface area contributed by atoms with Crippen LogP contribution in [0.1, 0.15) is 5.56 Å². The highest BCUT2D eigenvalue weighted by atomic mass is 35.5. The molecule has 0 spiro atoms. The van der Waals surface area contributed by atoms with Crippen molar-refractivity contribution >= 4 is 40.4 Å². The Kier molecular flexibility index (Phi) is 4.38. The van der Waals surface area contributed by atoms with Gasteiger partial charge in [0.15, 0.2) is 10.3 Å². The third-order valence-electron chi connectivity index (χ3n) is 1.74. The topological polar surface area (TPSA) is 59.9 Å². The van der Waals surface area contributed by atoms with Crippen molar-refractivity contribution in [1.82, 2.24) is 9.97 Å². The summed E-state index contributed by atoms with van der Waals surface area (Å²) in [5, 5.41) is 0.498. The van der Waals surface area contributed by atoms with Crippen molar-refractivity contribution in [2.24, 2.45) is 0 Å². The molecule has 0 unspecified atom stereocenters. The van der Waals surface area contributed by atoms with E-state index >= 15 is 0 Å². The maximum Gasteiger partial charge on any atom is 0.373 e. The van der Waals surface area contributed by atoms with Gasteiger partial charge in [-0.05, 0) is 24.6 Å². The van der Waals surface area contributed by atoms with E-state index in [0.29, 0.717) is 0 Å². The average Bonchev–Trinajstić information content (AvgIpc) is 2.21. The Morgan fingerprint density at radius 2 is 1.56 bits per heavy atom. The predicted octanol–water partition coefficient (Wildman–Crippen LogP) is 2.66. The molecule has 1 aromatic carbocycles. The number of fused-ring (bicyclic) bond motifs is 1. The number of rotatable bonds is 0. The predicted molar refractivity (Wildman–Crippen MR) is 59.3 cm³/mol. The minimum Gasteiger partial charge on any atom is -0.231 e. The molecule has 0 bridgehead atoms. The first-order valence-electron chi connectivity index (χ1n) is 4.17. The van der Waals surface area contributed by atoms with Crippen molar-refractivity contribution in [2.45, 2.75) is 6.92 Å². The molecule has 2 aromatic rings. The van der Waals surface area contributed by atoms with Gasteiger partial charge in [-0.15, -0.1) is 0 Å². The summed E-state index contributed by atoms with van der Waals surface area (Å²) in [6, 6.07) is 5.76. The van der Waals surface area contributed by atoms with Crippen LogP contribution in [-0.4, -0.2) is 16.1 Å². The van der Waals surface area contributed by atoms with Gasteiger partial charge in [-0.2, -0.15) is 9.59 Å². The number of hydrogen-bond donors (Lipinski definition) is 0. The van der Waals surface area contributed by atoms with Crippen LogP contribution in [0.15, 0.2) is 18.2 Å². The van der Waals surface area contributed by atoms with Crippen LogP contribution in [0, 0.1) is 6.92 Å². The molecule has 0 aliphatic rings. The summed E-state index contributed by atoms with van der Waals surface area (Å²) in [6.45, 7) is 1.99. The molecule has 0 N–H and O–H groups in total. The normalized spacial score (nSPS) is 9.19. The van der Waals surface area contributed by atoms with E-state index in [4.69, 9.17) is 32.8 Å². The molecular weight excluding hydrogens is 251 g/mol. The van der Waals surface area contributed by atoms with Crippen LogP contribution in [0.4, 0.5) is 0 Å². The first kappa shape index (κ1) is 12.6. The Morgan fingerprint density at radius 3 is 2.12 bits per heavy atom. The zero-order chi connectivity index (χ0) is 12.1. The van der Waals surface area contributed by atoms with Gasteiger partial charge in [0.1, 0.15) is 0 Å². The van der Waals surface area contributed by atoms with Crippen molar-refractivity contribution in [1.29, 1.82) is 0 Å². The van der Waals surface area contributed by atoms with Crippen molar-refractivity contribution in [3.05, 3.63) is 34.1 Å². The van der Waals surface area contributed by atoms with E-state index in [-0.39, 0.29) is 16.5 Å². The van der Waals surface area contributed by atoms with Crippen LogP contribution in [0.5, 0.6) is 0 Å². The molecule has 2 rings (SSSR count). The van der Waals surface area contributed by atoms with Gasteiger partial charge in [0.25, 0.3) is 0 Å². The van der Waals surface area contributed by atoms with Gasteiger partial charge in [-0.25, -0.2) is 9.97 Å². The third kappa shape index (κ3) is 3.00. The van der Waals surface area contributed by atoms with E-state index in [0.717, 1.165) is 16.6 Å². The third-order valence-corrected chi connectivity index (χ3v) is 2.36. The quantitative estimate of drug-likeness (QED) is 0.727. The molecule has 0 radical (unpaired) electrons. The van der Waals surface area contributed by atoms with Crippen LogP contribution in [0.25, 0.3) is 11.0 Å². The summed E-state index contributed by atoms with van der Waals surface area (Å²) >= 11 is 11.5. The van der Waals surface area contributed by atoms with E-state index in [2.05, 4.69) is 9.97 Å². The summed E-state index contributed by atoms with van der Waals surface area (Å²) in [5.74, 6) is 0. The first-order valence-corrected chi connectivity index (χ1v) is 4.92. The molecule has 0 aliphatic carbocycles. The van der Waals surface area contributed by atoms with Gasteiger partial charge in [-0.3, -0.25) is 0 Å². The summed E-state index contributed by atoms with van der Waals surface area (Å²) < 4.78 is 0. The Labute approximate surface area is 101 Å². The van der Waals surface area contributed by atoms with E-state index in [1.165, 1.54) is 0 Å². The SMILES string of the molecule is Cc1ccc2nc(Cl)c(Cl)nc2c1.O=C=O. The highest BCUT2D eigenvalue weighted by Crippen LogP contribution is 2.21. The number of aromatic nitrogens is 2. The zero-order valence-electron chi connectivity index (χ0n) is 8.20. The highest BCUT2D eigenvalue weighted by molar-refractivity contribution is 6.40. The van der Waals surface area contributed by atoms with Crippen molar-refractivity contribution in [2.75, 3.05) is 0 Å². The van der Waals surface area contributed by atoms with Crippen LogP contribution in [-0.2, 0) is 9.59 Å². The van der Waals surface area contributed by atoms with Crippen molar-refractivity contribution < 1.29 is 9.59 Å². The molecule has 0 saturated carbocycles. The maximum atomic E-state index is 8.12. The van der Waals surface area contributed by atoms with E-state index in [1.807, 2.05) is 25.1 Å². The summed E-state index contributed by atoms with van der Waals surface area (Å²) in [7, 11) is 0. The Balaban J connectivity index is 0.000000386. The maximum absolute atomic E-state index is 8.12. The van der Waals surface area contributed by atoms with Crippen LogP contribution in [0.2, 0.25) is 10.3 Å². The number of carbonyl (C=O) groups excluding carboxylic acids is 2. The Morgan fingerprint density at radius 1 is 1.06 bits per heavy atom. The number of aryl methyl sites for hydroxylation is 1. The number of benzene rings is 1.